The Morgan fingerprint density at radius 3 is 2.78 bits per heavy atom. The molecule has 0 saturated heterocycles. The molecule has 0 saturated carbocycles. The van der Waals surface area contributed by atoms with Gasteiger partial charge in [-0.1, -0.05) is 30.3 Å². The van der Waals surface area contributed by atoms with Gasteiger partial charge in [-0.05, 0) is 49.6 Å². The molecule has 1 aliphatic heterocycles. The van der Waals surface area contributed by atoms with Crippen molar-refractivity contribution < 1.29 is 9.53 Å². The summed E-state index contributed by atoms with van der Waals surface area (Å²) in [4.78, 5) is 24.5. The fourth-order valence-corrected chi connectivity index (χ4v) is 4.12. The Hall–Kier alpha value is -3.79. The van der Waals surface area contributed by atoms with Crippen LogP contribution in [0.4, 0.5) is 10.5 Å². The lowest BCUT2D eigenvalue weighted by Gasteiger charge is -2.32. The average molecular weight is 430 g/mol. The number of nitrogens with zero attached hydrogens (tertiary/aromatic N) is 4. The molecular formula is C25H27N5O2. The van der Waals surface area contributed by atoms with Gasteiger partial charge in [-0.2, -0.15) is 5.26 Å². The number of rotatable bonds is 5. The van der Waals surface area contributed by atoms with Gasteiger partial charge in [-0.3, -0.25) is 4.90 Å². The van der Waals surface area contributed by atoms with Gasteiger partial charge in [0.05, 0.1) is 48.9 Å². The van der Waals surface area contributed by atoms with Crippen molar-refractivity contribution in [2.45, 2.75) is 45.5 Å². The van der Waals surface area contributed by atoms with Crippen LogP contribution in [0.5, 0.6) is 0 Å². The molecule has 0 spiro atoms. The fourth-order valence-electron chi connectivity index (χ4n) is 4.12. The normalized spacial score (nSPS) is 15.8. The average Bonchev–Trinajstić information content (AvgIpc) is 3.24. The third-order valence-electron chi connectivity index (χ3n) is 5.56. The second kappa shape index (κ2) is 9.56. The molecule has 2 heterocycles. The third-order valence-corrected chi connectivity index (χ3v) is 5.56. The molecule has 1 aliphatic rings. The Balaban J connectivity index is 1.74. The van der Waals surface area contributed by atoms with Gasteiger partial charge in [0.15, 0.2) is 0 Å². The minimum absolute atomic E-state index is 0.107. The number of amides is 1. The highest BCUT2D eigenvalue weighted by atomic mass is 16.6. The van der Waals surface area contributed by atoms with Gasteiger partial charge >= 0.3 is 6.09 Å². The number of hydrogen-bond acceptors (Lipinski definition) is 5. The van der Waals surface area contributed by atoms with Gasteiger partial charge in [-0.15, -0.1) is 0 Å². The van der Waals surface area contributed by atoms with Gasteiger partial charge < -0.3 is 14.6 Å². The summed E-state index contributed by atoms with van der Waals surface area (Å²) in [5.74, 6) is 0. The summed E-state index contributed by atoms with van der Waals surface area (Å²) < 4.78 is 5.61. The Morgan fingerprint density at radius 2 is 2.09 bits per heavy atom. The molecule has 1 atom stereocenters. The molecule has 7 nitrogen and oxygen atoms in total. The zero-order valence-corrected chi connectivity index (χ0v) is 18.4. The number of imidazole rings is 1. The van der Waals surface area contributed by atoms with E-state index in [-0.39, 0.29) is 18.2 Å². The summed E-state index contributed by atoms with van der Waals surface area (Å²) in [5, 5.41) is 9.44. The maximum atomic E-state index is 13.2. The highest BCUT2D eigenvalue weighted by Crippen LogP contribution is 2.31. The van der Waals surface area contributed by atoms with E-state index >= 15 is 0 Å². The van der Waals surface area contributed by atoms with Crippen molar-refractivity contribution >= 4 is 11.8 Å². The summed E-state index contributed by atoms with van der Waals surface area (Å²) in [6, 6.07) is 18.0. The number of nitrogens with one attached hydrogen (secondary N) is 1. The Kier molecular flexibility index (Phi) is 6.41. The lowest BCUT2D eigenvalue weighted by Crippen LogP contribution is -2.46. The Bertz CT molecular complexity index is 1090. The van der Waals surface area contributed by atoms with Crippen LogP contribution in [0.1, 0.15) is 36.2 Å². The zero-order valence-electron chi connectivity index (χ0n) is 18.4. The molecule has 2 aromatic carbocycles. The smallest absolute Gasteiger partial charge is 0.410 e. The van der Waals surface area contributed by atoms with Crippen LogP contribution in [0, 0.1) is 11.3 Å². The third kappa shape index (κ3) is 4.92. The topological polar surface area (TPSA) is 85.2 Å². The van der Waals surface area contributed by atoms with Gasteiger partial charge in [0.1, 0.15) is 0 Å². The number of fused-ring (bicyclic) bond motifs is 1. The lowest BCUT2D eigenvalue weighted by molar-refractivity contribution is 0.0619. The Labute approximate surface area is 188 Å². The van der Waals surface area contributed by atoms with Crippen molar-refractivity contribution in [3.8, 4) is 6.07 Å². The first-order valence-corrected chi connectivity index (χ1v) is 10.8. The maximum absolute atomic E-state index is 13.2. The summed E-state index contributed by atoms with van der Waals surface area (Å²) in [7, 11) is 0. The van der Waals surface area contributed by atoms with Gasteiger partial charge in [0.2, 0.25) is 0 Å². The molecule has 0 unspecified atom stereocenters. The molecule has 4 rings (SSSR count). The minimum Gasteiger partial charge on any atom is -0.447 e. The van der Waals surface area contributed by atoms with E-state index in [1.807, 2.05) is 56.4 Å². The quantitative estimate of drug-likeness (QED) is 0.655. The number of H-pyrrole nitrogens is 1. The van der Waals surface area contributed by atoms with E-state index in [9.17, 15) is 10.1 Å². The maximum Gasteiger partial charge on any atom is 0.410 e. The summed E-state index contributed by atoms with van der Waals surface area (Å²) in [6.45, 7) is 5.34. The van der Waals surface area contributed by atoms with E-state index in [0.29, 0.717) is 31.6 Å². The molecule has 0 aliphatic carbocycles. The second-order valence-electron chi connectivity index (χ2n) is 8.32. The fraction of sp³-hybridized carbons (Fsp3) is 0.320. The van der Waals surface area contributed by atoms with Crippen LogP contribution in [0.15, 0.2) is 61.1 Å². The van der Waals surface area contributed by atoms with Crippen LogP contribution >= 0.6 is 0 Å². The molecule has 32 heavy (non-hydrogen) atoms. The van der Waals surface area contributed by atoms with Crippen molar-refractivity contribution in [1.82, 2.24) is 14.9 Å². The molecule has 1 aromatic heterocycles. The number of anilines is 1. The molecule has 7 heteroatoms. The number of aromatic nitrogens is 2. The van der Waals surface area contributed by atoms with Crippen LogP contribution in [-0.4, -0.2) is 39.7 Å². The highest BCUT2D eigenvalue weighted by Gasteiger charge is 2.33. The zero-order chi connectivity index (χ0) is 22.5. The van der Waals surface area contributed by atoms with Crippen LogP contribution in [0.3, 0.4) is 0 Å². The first kappa shape index (κ1) is 21.4. The SMILES string of the molecule is CC(C)OC(=O)N1Cc2cc(C#N)ccc2N(Cc2cnc[nH]2)C[C@H]1Cc1ccccc1. The van der Waals surface area contributed by atoms with Gasteiger partial charge in [0, 0.05) is 18.4 Å². The molecule has 0 fully saturated rings. The summed E-state index contributed by atoms with van der Waals surface area (Å²) >= 11 is 0. The predicted octanol–water partition coefficient (Wildman–Crippen LogP) is 4.26. The largest absolute Gasteiger partial charge is 0.447 e. The number of hydrogen-bond donors (Lipinski definition) is 1. The van der Waals surface area contributed by atoms with E-state index < -0.39 is 0 Å². The number of carbonyl (C=O) groups is 1. The molecular weight excluding hydrogens is 402 g/mol. The number of nitriles is 1. The van der Waals surface area contributed by atoms with E-state index in [0.717, 1.165) is 22.5 Å². The number of carbonyl (C=O) groups excluding carboxylic acids is 1. The molecule has 0 bridgehead atoms. The highest BCUT2D eigenvalue weighted by molar-refractivity contribution is 5.70. The minimum atomic E-state index is -0.336. The van der Waals surface area contributed by atoms with Gasteiger partial charge in [-0.25, -0.2) is 9.78 Å². The number of benzene rings is 2. The van der Waals surface area contributed by atoms with E-state index in [2.05, 4.69) is 33.1 Å². The molecule has 3 aromatic rings. The predicted molar refractivity (Wildman–Crippen MR) is 122 cm³/mol. The van der Waals surface area contributed by atoms with E-state index in [1.54, 1.807) is 11.2 Å². The Morgan fingerprint density at radius 1 is 1.28 bits per heavy atom. The molecule has 0 radical (unpaired) electrons. The van der Waals surface area contributed by atoms with Crippen molar-refractivity contribution in [3.05, 3.63) is 83.4 Å². The van der Waals surface area contributed by atoms with Crippen LogP contribution in [-0.2, 0) is 24.2 Å². The van der Waals surface area contributed by atoms with Crippen LogP contribution < -0.4 is 4.90 Å². The number of ether oxygens (including phenoxy) is 1. The van der Waals surface area contributed by atoms with Crippen molar-refractivity contribution in [2.24, 2.45) is 0 Å². The molecule has 1 N–H and O–H groups in total. The molecule has 164 valence electrons. The summed E-state index contributed by atoms with van der Waals surface area (Å²) in [5.41, 5.74) is 4.65. The van der Waals surface area contributed by atoms with Crippen molar-refractivity contribution in [1.29, 1.82) is 5.26 Å². The molecule has 1 amide bonds. The summed E-state index contributed by atoms with van der Waals surface area (Å²) in [6.07, 6.45) is 3.63. The van der Waals surface area contributed by atoms with Crippen LogP contribution in [0.2, 0.25) is 0 Å². The second-order valence-corrected chi connectivity index (χ2v) is 8.32. The lowest BCUT2D eigenvalue weighted by atomic mass is 10.0. The van der Waals surface area contributed by atoms with Gasteiger partial charge in [0.25, 0.3) is 0 Å². The van der Waals surface area contributed by atoms with Crippen molar-refractivity contribution in [2.75, 3.05) is 11.4 Å². The van der Waals surface area contributed by atoms with Crippen LogP contribution in [0.25, 0.3) is 0 Å². The number of aromatic amines is 1. The monoisotopic (exact) mass is 429 g/mol. The first-order valence-electron chi connectivity index (χ1n) is 10.8. The standard InChI is InChI=1S/C25H27N5O2/c1-18(2)32-25(31)30-14-21-10-20(12-26)8-9-24(21)29(15-22-13-27-17-28-22)16-23(30)11-19-6-4-3-5-7-19/h3-10,13,17-18,23H,11,14-16H2,1-2H3,(H,27,28)/t23-/m1/s1. The van der Waals surface area contributed by atoms with E-state index in [4.69, 9.17) is 4.74 Å². The van der Waals surface area contributed by atoms with Crippen molar-refractivity contribution in [3.63, 3.8) is 0 Å². The van der Waals surface area contributed by atoms with E-state index in [1.165, 1.54) is 0 Å². The first-order chi connectivity index (χ1) is 15.5.